The Kier molecular flexibility index (Phi) is 10.0. The monoisotopic (exact) mass is 726 g/mol. The van der Waals surface area contributed by atoms with Gasteiger partial charge < -0.3 is 15.5 Å². The lowest BCUT2D eigenvalue weighted by Crippen LogP contribution is -2.33. The number of carboxylic acid groups (broad SMARTS) is 1. The normalized spacial score (nSPS) is 14.8. The summed E-state index contributed by atoms with van der Waals surface area (Å²) in [5.74, 6) is -1.39. The Morgan fingerprint density at radius 1 is 0.849 bits per heavy atom. The first-order chi connectivity index (χ1) is 25.0. The van der Waals surface area contributed by atoms with Crippen LogP contribution in [0.15, 0.2) is 108 Å². The van der Waals surface area contributed by atoms with Gasteiger partial charge in [-0.25, -0.2) is 14.8 Å². The van der Waals surface area contributed by atoms with Crippen molar-refractivity contribution in [2.75, 3.05) is 10.2 Å². The van der Waals surface area contributed by atoms with E-state index in [1.54, 1.807) is 61.5 Å². The van der Waals surface area contributed by atoms with Crippen molar-refractivity contribution < 1.29 is 24.6 Å². The summed E-state index contributed by atoms with van der Waals surface area (Å²) in [6, 6.07) is 28.7. The van der Waals surface area contributed by atoms with Crippen LogP contribution in [-0.4, -0.2) is 43.4 Å². The molecular weight excluding hydrogens is 685 g/mol. The van der Waals surface area contributed by atoms with Crippen molar-refractivity contribution in [2.24, 2.45) is 4.99 Å². The van der Waals surface area contributed by atoms with E-state index >= 15 is 0 Å². The smallest absolute Gasteiger partial charge is 0.336 e. The highest BCUT2D eigenvalue weighted by Crippen LogP contribution is 2.41. The predicted molar refractivity (Wildman–Crippen MR) is 215 cm³/mol. The van der Waals surface area contributed by atoms with Gasteiger partial charge in [-0.05, 0) is 77.9 Å². The maximum Gasteiger partial charge on any atom is 0.336 e. The zero-order valence-electron chi connectivity index (χ0n) is 30.8. The molecule has 2 heterocycles. The SMILES string of the molecule is CC(SC1=N/C(=C/c2cc(C(C)(C)C)c(O)c(C(C)(C)C)c2)C(=O)N1c1ccccc1)C(=O)Nc1ccc(-c2cc(C(=O)O)c3ccccc3n2)cc1. The quantitative estimate of drug-likeness (QED) is 0.142. The van der Waals surface area contributed by atoms with Crippen LogP contribution >= 0.6 is 11.8 Å². The number of amides is 2. The van der Waals surface area contributed by atoms with Crippen molar-refractivity contribution in [3.63, 3.8) is 0 Å². The minimum Gasteiger partial charge on any atom is -0.507 e. The van der Waals surface area contributed by atoms with Crippen LogP contribution in [0.4, 0.5) is 11.4 Å². The minimum atomic E-state index is -1.04. The van der Waals surface area contributed by atoms with Gasteiger partial charge in [0, 0.05) is 27.8 Å². The number of thioether (sulfide) groups is 1. The zero-order valence-corrected chi connectivity index (χ0v) is 31.6. The molecule has 1 aromatic heterocycles. The van der Waals surface area contributed by atoms with Crippen molar-refractivity contribution in [2.45, 2.75) is 64.5 Å². The molecule has 270 valence electrons. The van der Waals surface area contributed by atoms with E-state index in [2.05, 4.69) is 10.3 Å². The Bertz CT molecular complexity index is 2270. The first kappa shape index (κ1) is 37.0. The van der Waals surface area contributed by atoms with Crippen molar-refractivity contribution >= 4 is 63.1 Å². The fraction of sp³-hybridized carbons (Fsp3) is 0.233. The second-order valence-corrected chi connectivity index (χ2v) is 16.4. The molecule has 0 bridgehead atoms. The van der Waals surface area contributed by atoms with E-state index in [9.17, 15) is 24.6 Å². The molecule has 0 fully saturated rings. The van der Waals surface area contributed by atoms with E-state index in [1.165, 1.54) is 16.7 Å². The van der Waals surface area contributed by atoms with Crippen LogP contribution in [0.25, 0.3) is 28.2 Å². The highest BCUT2D eigenvalue weighted by molar-refractivity contribution is 8.15. The van der Waals surface area contributed by atoms with Crippen LogP contribution in [0.2, 0.25) is 0 Å². The summed E-state index contributed by atoms with van der Waals surface area (Å²) in [5, 5.41) is 24.3. The molecule has 10 heteroatoms. The molecule has 9 nitrogen and oxygen atoms in total. The number of fused-ring (bicyclic) bond motifs is 1. The number of hydrogen-bond acceptors (Lipinski definition) is 7. The Balaban J connectivity index is 1.26. The van der Waals surface area contributed by atoms with Gasteiger partial charge >= 0.3 is 5.97 Å². The number of aliphatic imine (C=N–C) groups is 1. The number of phenols is 1. The number of aromatic nitrogens is 1. The summed E-state index contributed by atoms with van der Waals surface area (Å²) in [7, 11) is 0. The topological polar surface area (TPSA) is 132 Å². The first-order valence-corrected chi connectivity index (χ1v) is 18.2. The molecule has 1 unspecified atom stereocenters. The van der Waals surface area contributed by atoms with E-state index in [1.807, 2.05) is 90.1 Å². The molecule has 0 saturated carbocycles. The van der Waals surface area contributed by atoms with Crippen LogP contribution in [0.5, 0.6) is 5.75 Å². The van der Waals surface area contributed by atoms with Gasteiger partial charge in [0.1, 0.15) is 11.4 Å². The van der Waals surface area contributed by atoms with Gasteiger partial charge in [-0.3, -0.25) is 14.5 Å². The van der Waals surface area contributed by atoms with Crippen LogP contribution in [0.3, 0.4) is 0 Å². The molecule has 0 radical (unpaired) electrons. The third-order valence-corrected chi connectivity index (χ3v) is 9.99. The van der Waals surface area contributed by atoms with E-state index in [-0.39, 0.29) is 39.7 Å². The number of carbonyl (C=O) groups excluding carboxylic acids is 2. The Morgan fingerprint density at radius 2 is 1.45 bits per heavy atom. The second kappa shape index (κ2) is 14.4. The van der Waals surface area contributed by atoms with Gasteiger partial charge in [-0.2, -0.15) is 0 Å². The average molecular weight is 727 g/mol. The maximum absolute atomic E-state index is 14.0. The Labute approximate surface area is 313 Å². The number of nitrogens with one attached hydrogen (secondary N) is 1. The summed E-state index contributed by atoms with van der Waals surface area (Å²) >= 11 is 1.17. The van der Waals surface area contributed by atoms with E-state index in [0.717, 1.165) is 16.7 Å². The number of carboxylic acids is 1. The van der Waals surface area contributed by atoms with Gasteiger partial charge in [0.2, 0.25) is 5.91 Å². The lowest BCUT2D eigenvalue weighted by molar-refractivity contribution is -0.115. The van der Waals surface area contributed by atoms with Crippen LogP contribution < -0.4 is 10.2 Å². The maximum atomic E-state index is 14.0. The molecule has 1 atom stereocenters. The standard InChI is InChI=1S/C43H42N4O5S/c1-25(38(49)44-28-19-17-27(18-20-28)35-24-31(40(51)52)30-15-11-12-16-34(30)45-35)53-41-46-36(39(50)47(41)29-13-9-8-10-14-29)23-26-21-32(42(2,3)4)37(48)33(22-26)43(5,6)7/h8-25,48H,1-7H3,(H,44,49)(H,51,52)/b36-23+. The number of para-hydroxylation sites is 2. The molecule has 53 heavy (non-hydrogen) atoms. The fourth-order valence-corrected chi connectivity index (χ4v) is 7.03. The van der Waals surface area contributed by atoms with E-state index < -0.39 is 11.2 Å². The summed E-state index contributed by atoms with van der Waals surface area (Å²) in [6.45, 7) is 14.0. The van der Waals surface area contributed by atoms with Gasteiger partial charge in [0.15, 0.2) is 5.17 Å². The summed E-state index contributed by atoms with van der Waals surface area (Å²) in [5.41, 5.74) is 4.95. The number of rotatable bonds is 7. The van der Waals surface area contributed by atoms with Crippen LogP contribution in [0, 0.1) is 0 Å². The molecule has 1 aliphatic rings. The molecule has 5 aromatic rings. The number of anilines is 2. The summed E-state index contributed by atoms with van der Waals surface area (Å²) in [6.07, 6.45) is 1.74. The molecule has 3 N–H and O–H groups in total. The summed E-state index contributed by atoms with van der Waals surface area (Å²) < 4.78 is 0. The van der Waals surface area contributed by atoms with Crippen molar-refractivity contribution in [3.05, 3.63) is 125 Å². The van der Waals surface area contributed by atoms with Crippen LogP contribution in [-0.2, 0) is 20.4 Å². The van der Waals surface area contributed by atoms with Gasteiger partial charge in [-0.15, -0.1) is 0 Å². The van der Waals surface area contributed by atoms with Crippen LogP contribution in [0.1, 0.15) is 75.5 Å². The fourth-order valence-electron chi connectivity index (χ4n) is 6.10. The van der Waals surface area contributed by atoms with E-state index in [0.29, 0.717) is 38.7 Å². The third-order valence-electron chi connectivity index (χ3n) is 8.94. The van der Waals surface area contributed by atoms with Gasteiger partial charge in [0.05, 0.1) is 27.7 Å². The molecule has 2 amide bonds. The van der Waals surface area contributed by atoms with Crippen molar-refractivity contribution in [3.8, 4) is 17.0 Å². The van der Waals surface area contributed by atoms with Crippen molar-refractivity contribution in [1.29, 1.82) is 0 Å². The number of benzene rings is 4. The molecule has 0 spiro atoms. The number of nitrogens with zero attached hydrogens (tertiary/aromatic N) is 3. The number of aromatic hydroxyl groups is 1. The number of aromatic carboxylic acids is 1. The molecule has 0 saturated heterocycles. The minimum absolute atomic E-state index is 0.164. The number of phenolic OH excluding ortho intramolecular Hbond substituents is 1. The zero-order chi connectivity index (χ0) is 38.2. The highest BCUT2D eigenvalue weighted by atomic mass is 32.2. The number of pyridine rings is 1. The largest absolute Gasteiger partial charge is 0.507 e. The molecular formula is C43H42N4O5S. The second-order valence-electron chi connectivity index (χ2n) is 15.1. The Morgan fingerprint density at radius 3 is 2.06 bits per heavy atom. The lowest BCUT2D eigenvalue weighted by Gasteiger charge is -2.28. The Hall–Kier alpha value is -5.74. The van der Waals surface area contributed by atoms with E-state index in [4.69, 9.17) is 4.99 Å². The molecule has 6 rings (SSSR count). The number of carbonyl (C=O) groups is 3. The summed E-state index contributed by atoms with van der Waals surface area (Å²) in [4.78, 5) is 50.4. The molecule has 1 aliphatic heterocycles. The average Bonchev–Trinajstić information content (AvgIpc) is 3.41. The van der Waals surface area contributed by atoms with Gasteiger partial charge in [-0.1, -0.05) is 102 Å². The van der Waals surface area contributed by atoms with Gasteiger partial charge in [0.25, 0.3) is 5.91 Å². The molecule has 4 aromatic carbocycles. The first-order valence-electron chi connectivity index (χ1n) is 17.3. The third kappa shape index (κ3) is 7.88. The van der Waals surface area contributed by atoms with Crippen molar-refractivity contribution in [1.82, 2.24) is 4.98 Å². The number of amidine groups is 1. The number of hydrogen-bond donors (Lipinski definition) is 3. The lowest BCUT2D eigenvalue weighted by atomic mass is 9.78. The molecule has 0 aliphatic carbocycles. The predicted octanol–water partition coefficient (Wildman–Crippen LogP) is 9.40. The highest BCUT2D eigenvalue weighted by Gasteiger charge is 2.35.